The van der Waals surface area contributed by atoms with Gasteiger partial charge in [0.25, 0.3) is 0 Å². The highest BCUT2D eigenvalue weighted by Crippen LogP contribution is 2.27. The average Bonchev–Trinajstić information content (AvgIpc) is 2.36. The maximum absolute atomic E-state index is 12.0. The molecule has 1 N–H and O–H groups in total. The van der Waals surface area contributed by atoms with E-state index < -0.39 is 0 Å². The number of amides is 1. The van der Waals surface area contributed by atoms with Gasteiger partial charge < -0.3 is 15.0 Å². The normalized spacial score (nSPS) is 27.5. The highest BCUT2D eigenvalue weighted by Gasteiger charge is 2.32. The largest absolute Gasteiger partial charge is 0.450 e. The molecule has 0 radical (unpaired) electrons. The first-order valence-electron chi connectivity index (χ1n) is 8.25. The Hall–Kier alpha value is -0.770. The van der Waals surface area contributed by atoms with Crippen LogP contribution in [0.25, 0.3) is 0 Å². The molecule has 2 fully saturated rings. The smallest absolute Gasteiger partial charge is 0.409 e. The Bertz CT molecular complexity index is 316. The molecule has 0 aromatic carbocycles. The number of hydrogen-bond acceptors (Lipinski definition) is 3. The highest BCUT2D eigenvalue weighted by molar-refractivity contribution is 5.67. The molecule has 2 rings (SSSR count). The Balaban J connectivity index is 1.87. The van der Waals surface area contributed by atoms with Gasteiger partial charge in [0.15, 0.2) is 0 Å². The summed E-state index contributed by atoms with van der Waals surface area (Å²) in [6.07, 6.45) is 5.17. The third kappa shape index (κ3) is 4.11. The first-order valence-corrected chi connectivity index (χ1v) is 8.25. The second-order valence-corrected chi connectivity index (χ2v) is 6.75. The van der Waals surface area contributed by atoms with Gasteiger partial charge in [0, 0.05) is 19.1 Å². The minimum atomic E-state index is -0.145. The zero-order valence-corrected chi connectivity index (χ0v) is 13.2. The van der Waals surface area contributed by atoms with E-state index in [0.717, 1.165) is 25.6 Å². The second kappa shape index (κ2) is 7.30. The lowest BCUT2D eigenvalue weighted by atomic mass is 9.83. The Morgan fingerprint density at radius 1 is 1.35 bits per heavy atom. The van der Waals surface area contributed by atoms with Gasteiger partial charge in [-0.25, -0.2) is 4.79 Å². The van der Waals surface area contributed by atoms with Crippen LogP contribution in [-0.2, 0) is 4.74 Å². The molecule has 4 nitrogen and oxygen atoms in total. The summed E-state index contributed by atoms with van der Waals surface area (Å²) in [6, 6.07) is 0.432. The van der Waals surface area contributed by atoms with Crippen LogP contribution in [0.4, 0.5) is 4.79 Å². The molecule has 0 aromatic heterocycles. The number of piperidine rings is 1. The lowest BCUT2D eigenvalue weighted by molar-refractivity contribution is 0.0690. The lowest BCUT2D eigenvalue weighted by Gasteiger charge is -2.40. The summed E-state index contributed by atoms with van der Waals surface area (Å²) in [5, 5.41) is 3.69. The van der Waals surface area contributed by atoms with Gasteiger partial charge in [0.05, 0.1) is 6.61 Å². The number of rotatable bonds is 5. The quantitative estimate of drug-likeness (QED) is 0.843. The molecule has 1 aliphatic carbocycles. The third-order valence-corrected chi connectivity index (χ3v) is 4.87. The standard InChI is InChI=1S/C16H30N2O2/c1-4-20-16(19)18-10-14(12(2)3)8-15(11-18)17-9-13-6-5-7-13/h12-15,17H,4-11H2,1-3H3. The molecule has 2 atom stereocenters. The number of carbonyl (C=O) groups is 1. The van der Waals surface area contributed by atoms with Crippen LogP contribution in [0.15, 0.2) is 0 Å². The molecular weight excluding hydrogens is 252 g/mol. The highest BCUT2D eigenvalue weighted by atomic mass is 16.6. The fourth-order valence-electron chi connectivity index (χ4n) is 3.16. The van der Waals surface area contributed by atoms with Gasteiger partial charge in [0.2, 0.25) is 0 Å². The summed E-state index contributed by atoms with van der Waals surface area (Å²) in [5.41, 5.74) is 0. The Kier molecular flexibility index (Phi) is 5.70. The van der Waals surface area contributed by atoms with Gasteiger partial charge in [0.1, 0.15) is 0 Å². The monoisotopic (exact) mass is 282 g/mol. The molecule has 116 valence electrons. The van der Waals surface area contributed by atoms with Gasteiger partial charge >= 0.3 is 6.09 Å². The van der Waals surface area contributed by atoms with Crippen LogP contribution >= 0.6 is 0 Å². The van der Waals surface area contributed by atoms with Crippen molar-refractivity contribution in [2.24, 2.45) is 17.8 Å². The summed E-state index contributed by atoms with van der Waals surface area (Å²) in [7, 11) is 0. The zero-order chi connectivity index (χ0) is 14.5. The van der Waals surface area contributed by atoms with Crippen molar-refractivity contribution in [2.45, 2.75) is 52.5 Å². The van der Waals surface area contributed by atoms with Crippen molar-refractivity contribution in [3.63, 3.8) is 0 Å². The predicted molar refractivity (Wildman–Crippen MR) is 80.7 cm³/mol. The number of nitrogens with zero attached hydrogens (tertiary/aromatic N) is 1. The number of hydrogen-bond donors (Lipinski definition) is 1. The van der Waals surface area contributed by atoms with E-state index in [2.05, 4.69) is 19.2 Å². The van der Waals surface area contributed by atoms with Crippen molar-refractivity contribution in [3.8, 4) is 0 Å². The maximum Gasteiger partial charge on any atom is 0.409 e. The zero-order valence-electron chi connectivity index (χ0n) is 13.2. The molecule has 0 bridgehead atoms. The number of likely N-dealkylation sites (tertiary alicyclic amines) is 1. The lowest BCUT2D eigenvalue weighted by Crippen LogP contribution is -2.53. The van der Waals surface area contributed by atoms with E-state index in [-0.39, 0.29) is 6.09 Å². The Morgan fingerprint density at radius 2 is 2.10 bits per heavy atom. The molecule has 2 aliphatic rings. The van der Waals surface area contributed by atoms with Crippen LogP contribution in [-0.4, -0.2) is 43.3 Å². The van der Waals surface area contributed by atoms with Crippen LogP contribution in [0.2, 0.25) is 0 Å². The Morgan fingerprint density at radius 3 is 2.65 bits per heavy atom. The minimum absolute atomic E-state index is 0.145. The summed E-state index contributed by atoms with van der Waals surface area (Å²) in [5.74, 6) is 2.05. The summed E-state index contributed by atoms with van der Waals surface area (Å²) in [4.78, 5) is 13.9. The topological polar surface area (TPSA) is 41.6 Å². The minimum Gasteiger partial charge on any atom is -0.450 e. The van der Waals surface area contributed by atoms with Crippen molar-refractivity contribution in [1.82, 2.24) is 10.2 Å². The summed E-state index contributed by atoms with van der Waals surface area (Å²) in [6.45, 7) is 9.60. The molecule has 0 spiro atoms. The molecule has 1 saturated heterocycles. The summed E-state index contributed by atoms with van der Waals surface area (Å²) < 4.78 is 5.17. The summed E-state index contributed by atoms with van der Waals surface area (Å²) >= 11 is 0. The fraction of sp³-hybridized carbons (Fsp3) is 0.938. The van der Waals surface area contributed by atoms with Gasteiger partial charge in [-0.05, 0) is 50.5 Å². The number of carbonyl (C=O) groups excluding carboxylic acids is 1. The second-order valence-electron chi connectivity index (χ2n) is 6.75. The van der Waals surface area contributed by atoms with E-state index in [4.69, 9.17) is 4.74 Å². The predicted octanol–water partition coefficient (Wildman–Crippen LogP) is 2.88. The fourth-order valence-corrected chi connectivity index (χ4v) is 3.16. The molecule has 2 unspecified atom stereocenters. The molecular formula is C16H30N2O2. The van der Waals surface area contributed by atoms with Crippen LogP contribution in [0.5, 0.6) is 0 Å². The molecule has 1 amide bonds. The van der Waals surface area contributed by atoms with Gasteiger partial charge in [-0.15, -0.1) is 0 Å². The molecule has 0 aromatic rings. The van der Waals surface area contributed by atoms with E-state index in [0.29, 0.717) is 24.5 Å². The van der Waals surface area contributed by atoms with Crippen LogP contribution in [0.3, 0.4) is 0 Å². The van der Waals surface area contributed by atoms with E-state index >= 15 is 0 Å². The van der Waals surface area contributed by atoms with Crippen LogP contribution < -0.4 is 5.32 Å². The van der Waals surface area contributed by atoms with E-state index in [1.54, 1.807) is 0 Å². The van der Waals surface area contributed by atoms with E-state index in [1.807, 2.05) is 11.8 Å². The third-order valence-electron chi connectivity index (χ3n) is 4.87. The van der Waals surface area contributed by atoms with Crippen molar-refractivity contribution in [1.29, 1.82) is 0 Å². The molecule has 1 saturated carbocycles. The van der Waals surface area contributed by atoms with Crippen LogP contribution in [0, 0.1) is 17.8 Å². The van der Waals surface area contributed by atoms with Crippen molar-refractivity contribution in [3.05, 3.63) is 0 Å². The molecule has 1 heterocycles. The first kappa shape index (κ1) is 15.6. The van der Waals surface area contributed by atoms with E-state index in [1.165, 1.54) is 25.7 Å². The van der Waals surface area contributed by atoms with Crippen molar-refractivity contribution < 1.29 is 9.53 Å². The Labute approximate surface area is 123 Å². The van der Waals surface area contributed by atoms with Gasteiger partial charge in [-0.3, -0.25) is 0 Å². The number of ether oxygens (including phenoxy) is 1. The molecule has 4 heteroatoms. The van der Waals surface area contributed by atoms with Crippen molar-refractivity contribution >= 4 is 6.09 Å². The maximum atomic E-state index is 12.0. The first-order chi connectivity index (χ1) is 9.60. The van der Waals surface area contributed by atoms with Gasteiger partial charge in [-0.1, -0.05) is 20.3 Å². The molecule has 20 heavy (non-hydrogen) atoms. The van der Waals surface area contributed by atoms with Gasteiger partial charge in [-0.2, -0.15) is 0 Å². The SMILES string of the molecule is CCOC(=O)N1CC(NCC2CCC2)CC(C(C)C)C1. The number of nitrogens with one attached hydrogen (secondary N) is 1. The average molecular weight is 282 g/mol. The van der Waals surface area contributed by atoms with Crippen LogP contribution in [0.1, 0.15) is 46.5 Å². The molecule has 1 aliphatic heterocycles. The van der Waals surface area contributed by atoms with E-state index in [9.17, 15) is 4.79 Å². The van der Waals surface area contributed by atoms with Crippen molar-refractivity contribution in [2.75, 3.05) is 26.2 Å².